The molecule has 0 spiro atoms. The summed E-state index contributed by atoms with van der Waals surface area (Å²) < 4.78 is 10.7. The predicted molar refractivity (Wildman–Crippen MR) is 79.4 cm³/mol. The number of rotatable bonds is 6. The van der Waals surface area contributed by atoms with E-state index in [1.807, 2.05) is 0 Å². The topological polar surface area (TPSA) is 67.8 Å². The van der Waals surface area contributed by atoms with Crippen molar-refractivity contribution in [3.05, 3.63) is 24.3 Å². The largest absolute Gasteiger partial charge is 0.497 e. The molecule has 0 bridgehead atoms. The summed E-state index contributed by atoms with van der Waals surface area (Å²) in [5, 5.41) is 12.6. The Hall–Kier alpha value is -1.75. The molecule has 1 saturated carbocycles. The monoisotopic (exact) mass is 293 g/mol. The van der Waals surface area contributed by atoms with E-state index in [4.69, 9.17) is 9.47 Å². The summed E-state index contributed by atoms with van der Waals surface area (Å²) in [6.07, 6.45) is 1.97. The fourth-order valence-corrected chi connectivity index (χ4v) is 2.54. The second-order valence-corrected chi connectivity index (χ2v) is 5.44. The standard InChI is InChI=1S/C16H23NO4/c1-11(21-14-8-6-13(20-2)7-9-14)16(19)17-10-12-4-3-5-15(12)18/h6-9,11-12,15,18H,3-5,10H2,1-2H3,(H,17,19). The van der Waals surface area contributed by atoms with Crippen molar-refractivity contribution in [2.24, 2.45) is 5.92 Å². The van der Waals surface area contributed by atoms with E-state index < -0.39 is 6.10 Å². The minimum Gasteiger partial charge on any atom is -0.497 e. The molecule has 0 aliphatic heterocycles. The molecule has 1 amide bonds. The van der Waals surface area contributed by atoms with Crippen LogP contribution < -0.4 is 14.8 Å². The minimum absolute atomic E-state index is 0.162. The average molecular weight is 293 g/mol. The van der Waals surface area contributed by atoms with Gasteiger partial charge in [0.05, 0.1) is 13.2 Å². The molecule has 5 heteroatoms. The first-order valence-corrected chi connectivity index (χ1v) is 7.36. The maximum absolute atomic E-state index is 12.0. The van der Waals surface area contributed by atoms with Crippen LogP contribution >= 0.6 is 0 Å². The van der Waals surface area contributed by atoms with Crippen LogP contribution in [0.1, 0.15) is 26.2 Å². The molecule has 2 N–H and O–H groups in total. The third-order valence-electron chi connectivity index (χ3n) is 3.90. The number of benzene rings is 1. The molecule has 5 nitrogen and oxygen atoms in total. The fourth-order valence-electron chi connectivity index (χ4n) is 2.54. The van der Waals surface area contributed by atoms with Crippen molar-refractivity contribution < 1.29 is 19.4 Å². The van der Waals surface area contributed by atoms with E-state index in [2.05, 4.69) is 5.32 Å². The number of hydrogen-bond acceptors (Lipinski definition) is 4. The highest BCUT2D eigenvalue weighted by Gasteiger charge is 2.26. The van der Waals surface area contributed by atoms with Gasteiger partial charge in [-0.05, 0) is 44.0 Å². The zero-order chi connectivity index (χ0) is 15.2. The van der Waals surface area contributed by atoms with Crippen LogP contribution in [0.4, 0.5) is 0 Å². The SMILES string of the molecule is COc1ccc(OC(C)C(=O)NCC2CCCC2O)cc1. The van der Waals surface area contributed by atoms with Gasteiger partial charge >= 0.3 is 0 Å². The first-order valence-electron chi connectivity index (χ1n) is 7.36. The van der Waals surface area contributed by atoms with Gasteiger partial charge in [-0.1, -0.05) is 6.42 Å². The highest BCUT2D eigenvalue weighted by atomic mass is 16.5. The Bertz CT molecular complexity index is 460. The van der Waals surface area contributed by atoms with Crippen molar-refractivity contribution in [2.45, 2.75) is 38.4 Å². The molecule has 0 aromatic heterocycles. The summed E-state index contributed by atoms with van der Waals surface area (Å²) in [5.74, 6) is 1.38. The van der Waals surface area contributed by atoms with Crippen LogP contribution in [0.3, 0.4) is 0 Å². The van der Waals surface area contributed by atoms with Gasteiger partial charge in [-0.25, -0.2) is 0 Å². The number of nitrogens with one attached hydrogen (secondary N) is 1. The van der Waals surface area contributed by atoms with Crippen LogP contribution in [0.5, 0.6) is 11.5 Å². The van der Waals surface area contributed by atoms with E-state index in [1.54, 1.807) is 38.3 Å². The van der Waals surface area contributed by atoms with Gasteiger partial charge in [0, 0.05) is 12.5 Å². The van der Waals surface area contributed by atoms with Crippen LogP contribution in [-0.4, -0.2) is 36.9 Å². The molecule has 21 heavy (non-hydrogen) atoms. The van der Waals surface area contributed by atoms with Gasteiger partial charge in [0.15, 0.2) is 6.10 Å². The molecule has 116 valence electrons. The van der Waals surface area contributed by atoms with Crippen molar-refractivity contribution in [3.63, 3.8) is 0 Å². The lowest BCUT2D eigenvalue weighted by molar-refractivity contribution is -0.127. The Morgan fingerprint density at radius 2 is 2.00 bits per heavy atom. The van der Waals surface area contributed by atoms with Gasteiger partial charge in [0.25, 0.3) is 5.91 Å². The van der Waals surface area contributed by atoms with Gasteiger partial charge in [-0.15, -0.1) is 0 Å². The molecule has 1 fully saturated rings. The number of carbonyl (C=O) groups excluding carboxylic acids is 1. The van der Waals surface area contributed by atoms with Crippen molar-refractivity contribution >= 4 is 5.91 Å². The lowest BCUT2D eigenvalue weighted by atomic mass is 10.1. The average Bonchev–Trinajstić information content (AvgIpc) is 2.90. The van der Waals surface area contributed by atoms with Gasteiger partial charge < -0.3 is 19.9 Å². The second kappa shape index (κ2) is 7.31. The van der Waals surface area contributed by atoms with Crippen LogP contribution in [0.25, 0.3) is 0 Å². The lowest BCUT2D eigenvalue weighted by Crippen LogP contribution is -2.40. The smallest absolute Gasteiger partial charge is 0.260 e. The van der Waals surface area contributed by atoms with E-state index in [1.165, 1.54) is 0 Å². The Morgan fingerprint density at radius 1 is 1.33 bits per heavy atom. The maximum Gasteiger partial charge on any atom is 0.260 e. The number of aliphatic hydroxyl groups excluding tert-OH is 1. The maximum atomic E-state index is 12.0. The summed E-state index contributed by atoms with van der Waals surface area (Å²) in [6.45, 7) is 2.22. The summed E-state index contributed by atoms with van der Waals surface area (Å²) in [6, 6.07) is 7.11. The van der Waals surface area contributed by atoms with Crippen LogP contribution in [0.2, 0.25) is 0 Å². The van der Waals surface area contributed by atoms with Crippen molar-refractivity contribution in [2.75, 3.05) is 13.7 Å². The third kappa shape index (κ3) is 4.36. The number of aliphatic hydroxyl groups is 1. The molecule has 0 radical (unpaired) electrons. The Labute approximate surface area is 125 Å². The molecule has 1 aliphatic carbocycles. The third-order valence-corrected chi connectivity index (χ3v) is 3.90. The van der Waals surface area contributed by atoms with E-state index >= 15 is 0 Å². The molecular formula is C16H23NO4. The molecule has 3 atom stereocenters. The zero-order valence-electron chi connectivity index (χ0n) is 12.5. The summed E-state index contributed by atoms with van der Waals surface area (Å²) in [7, 11) is 1.60. The second-order valence-electron chi connectivity index (χ2n) is 5.44. The molecule has 2 rings (SSSR count). The molecule has 1 aliphatic rings. The van der Waals surface area contributed by atoms with Crippen molar-refractivity contribution in [3.8, 4) is 11.5 Å². The fraction of sp³-hybridized carbons (Fsp3) is 0.562. The molecule has 0 saturated heterocycles. The highest BCUT2D eigenvalue weighted by Crippen LogP contribution is 2.24. The number of ether oxygens (including phenoxy) is 2. The molecular weight excluding hydrogens is 270 g/mol. The van der Waals surface area contributed by atoms with Crippen molar-refractivity contribution in [1.82, 2.24) is 5.32 Å². The lowest BCUT2D eigenvalue weighted by Gasteiger charge is -2.18. The quantitative estimate of drug-likeness (QED) is 0.838. The molecule has 0 heterocycles. The van der Waals surface area contributed by atoms with E-state index in [-0.39, 0.29) is 17.9 Å². The number of amides is 1. The molecule has 1 aromatic carbocycles. The van der Waals surface area contributed by atoms with Crippen molar-refractivity contribution in [1.29, 1.82) is 0 Å². The number of hydrogen-bond donors (Lipinski definition) is 2. The highest BCUT2D eigenvalue weighted by molar-refractivity contribution is 5.80. The Balaban J connectivity index is 1.78. The van der Waals surface area contributed by atoms with Gasteiger partial charge in [-0.3, -0.25) is 4.79 Å². The first kappa shape index (κ1) is 15.6. The molecule has 3 unspecified atom stereocenters. The first-order chi connectivity index (χ1) is 10.1. The summed E-state index contributed by atoms with van der Waals surface area (Å²) in [5.41, 5.74) is 0. The predicted octanol–water partition coefficient (Wildman–Crippen LogP) is 1.74. The van der Waals surface area contributed by atoms with Crippen LogP contribution in [0.15, 0.2) is 24.3 Å². The Morgan fingerprint density at radius 3 is 2.57 bits per heavy atom. The van der Waals surface area contributed by atoms with Crippen LogP contribution in [0, 0.1) is 5.92 Å². The molecule has 1 aromatic rings. The van der Waals surface area contributed by atoms with E-state index in [9.17, 15) is 9.90 Å². The number of carbonyl (C=O) groups is 1. The van der Waals surface area contributed by atoms with Crippen LogP contribution in [-0.2, 0) is 4.79 Å². The van der Waals surface area contributed by atoms with E-state index in [0.29, 0.717) is 12.3 Å². The minimum atomic E-state index is -0.572. The van der Waals surface area contributed by atoms with Gasteiger partial charge in [0.2, 0.25) is 0 Å². The zero-order valence-corrected chi connectivity index (χ0v) is 12.5. The van der Waals surface area contributed by atoms with Gasteiger partial charge in [-0.2, -0.15) is 0 Å². The van der Waals surface area contributed by atoms with Gasteiger partial charge in [0.1, 0.15) is 11.5 Å². The normalized spacial score (nSPS) is 22.6. The Kier molecular flexibility index (Phi) is 5.44. The summed E-state index contributed by atoms with van der Waals surface area (Å²) >= 11 is 0. The summed E-state index contributed by atoms with van der Waals surface area (Å²) in [4.78, 5) is 12.0. The van der Waals surface area contributed by atoms with E-state index in [0.717, 1.165) is 25.0 Å². The number of methoxy groups -OCH3 is 1.